The zero-order chi connectivity index (χ0) is 14.2. The van der Waals surface area contributed by atoms with Gasteiger partial charge in [-0.25, -0.2) is 0 Å². The number of hydrogen-bond acceptors (Lipinski definition) is 2. The number of nitrogens with one attached hydrogen (secondary N) is 1. The third kappa shape index (κ3) is 8.06. The summed E-state index contributed by atoms with van der Waals surface area (Å²) in [5, 5.41) is 0. The molecule has 1 N–H and O–H groups in total. The van der Waals surface area contributed by atoms with Crippen molar-refractivity contribution in [1.29, 1.82) is 0 Å². The van der Waals surface area contributed by atoms with Gasteiger partial charge >= 0.3 is 0 Å². The van der Waals surface area contributed by atoms with Crippen LogP contribution in [-0.2, 0) is 10.2 Å². The summed E-state index contributed by atoms with van der Waals surface area (Å²) < 4.78 is 28.8. The predicted octanol–water partition coefficient (Wildman–Crippen LogP) is 2.91. The van der Waals surface area contributed by atoms with Crippen LogP contribution in [0.3, 0.4) is 0 Å². The van der Waals surface area contributed by atoms with Gasteiger partial charge < -0.3 is 0 Å². The predicted molar refractivity (Wildman–Crippen MR) is 77.8 cm³/mol. The van der Waals surface area contributed by atoms with E-state index in [-0.39, 0.29) is 0 Å². The lowest BCUT2D eigenvalue weighted by Crippen LogP contribution is -2.49. The zero-order valence-electron chi connectivity index (χ0n) is 12.6. The number of nitrogens with zero attached hydrogens (tertiary/aromatic N) is 1. The minimum Gasteiger partial charge on any atom is -0.197 e. The van der Waals surface area contributed by atoms with E-state index >= 15 is 0 Å². The number of unbranched alkanes of at least 4 members (excludes halogenated alkanes) is 3. The molecule has 0 radical (unpaired) electrons. The number of hydrogen-bond donors (Lipinski definition) is 1. The Hall–Kier alpha value is -0.130. The fourth-order valence-corrected chi connectivity index (χ4v) is 3.32. The summed E-state index contributed by atoms with van der Waals surface area (Å²) in [6.45, 7) is 11.1. The Labute approximate surface area is 113 Å². The Morgan fingerprint density at radius 2 is 1.44 bits per heavy atom. The first kappa shape index (κ1) is 17.9. The molecule has 0 rings (SSSR count). The van der Waals surface area contributed by atoms with Crippen LogP contribution >= 0.6 is 0 Å². The van der Waals surface area contributed by atoms with Crippen LogP contribution in [0.5, 0.6) is 0 Å². The largest absolute Gasteiger partial charge is 0.279 e. The molecule has 0 aromatic heterocycles. The molecule has 0 aliphatic carbocycles. The molecule has 0 amide bonds. The van der Waals surface area contributed by atoms with Crippen molar-refractivity contribution in [3.63, 3.8) is 0 Å². The highest BCUT2D eigenvalue weighted by Gasteiger charge is 2.26. The molecule has 0 heterocycles. The van der Waals surface area contributed by atoms with E-state index in [1.54, 1.807) is 4.31 Å². The molecule has 5 heteroatoms. The first-order chi connectivity index (χ1) is 8.23. The van der Waals surface area contributed by atoms with Gasteiger partial charge in [-0.15, -0.1) is 0 Å². The van der Waals surface area contributed by atoms with Crippen LogP contribution in [-0.4, -0.2) is 31.4 Å². The maximum Gasteiger partial charge on any atom is 0.279 e. The van der Waals surface area contributed by atoms with Gasteiger partial charge in [0, 0.05) is 18.6 Å². The average Bonchev–Trinajstić information content (AvgIpc) is 2.19. The third-order valence-electron chi connectivity index (χ3n) is 2.55. The van der Waals surface area contributed by atoms with E-state index in [0.29, 0.717) is 13.1 Å². The van der Waals surface area contributed by atoms with Crippen molar-refractivity contribution in [2.45, 2.75) is 72.3 Å². The molecular formula is C13H30N2O2S. The van der Waals surface area contributed by atoms with Crippen LogP contribution in [0.25, 0.3) is 0 Å². The topological polar surface area (TPSA) is 49.4 Å². The average molecular weight is 278 g/mol. The van der Waals surface area contributed by atoms with Crippen molar-refractivity contribution >= 4 is 10.2 Å². The van der Waals surface area contributed by atoms with Gasteiger partial charge in [0.05, 0.1) is 0 Å². The molecule has 0 saturated carbocycles. The molecule has 18 heavy (non-hydrogen) atoms. The fourth-order valence-electron chi connectivity index (χ4n) is 1.68. The Morgan fingerprint density at radius 3 is 1.89 bits per heavy atom. The molecule has 0 spiro atoms. The summed E-state index contributed by atoms with van der Waals surface area (Å²) in [6.07, 6.45) is 5.04. The van der Waals surface area contributed by atoms with Crippen LogP contribution in [0.1, 0.15) is 66.7 Å². The van der Waals surface area contributed by atoms with Crippen molar-refractivity contribution in [3.05, 3.63) is 0 Å². The van der Waals surface area contributed by atoms with Gasteiger partial charge in [-0.3, -0.25) is 0 Å². The van der Waals surface area contributed by atoms with Crippen molar-refractivity contribution in [1.82, 2.24) is 9.03 Å². The lowest BCUT2D eigenvalue weighted by Gasteiger charge is -2.28. The van der Waals surface area contributed by atoms with E-state index in [2.05, 4.69) is 18.6 Å². The Balaban J connectivity index is 4.60. The van der Waals surface area contributed by atoms with Gasteiger partial charge in [-0.1, -0.05) is 33.1 Å². The number of rotatable bonds is 9. The Bertz CT molecular complexity index is 307. The fraction of sp³-hybridized carbons (Fsp3) is 1.00. The summed E-state index contributed by atoms with van der Waals surface area (Å²) in [5.74, 6) is 0. The summed E-state index contributed by atoms with van der Waals surface area (Å²) in [5.41, 5.74) is -0.423. The van der Waals surface area contributed by atoms with Gasteiger partial charge in [0.15, 0.2) is 0 Å². The molecule has 0 aromatic carbocycles. The molecule has 0 fully saturated rings. The smallest absolute Gasteiger partial charge is 0.197 e. The second-order valence-electron chi connectivity index (χ2n) is 5.82. The zero-order valence-corrected chi connectivity index (χ0v) is 13.4. The van der Waals surface area contributed by atoms with Crippen LogP contribution in [0, 0.1) is 0 Å². The van der Waals surface area contributed by atoms with Crippen LogP contribution in [0.4, 0.5) is 0 Å². The highest BCUT2D eigenvalue weighted by Crippen LogP contribution is 2.10. The normalized spacial score (nSPS) is 13.2. The summed E-state index contributed by atoms with van der Waals surface area (Å²) in [6, 6.07) is 0. The molecule has 0 unspecified atom stereocenters. The van der Waals surface area contributed by atoms with Crippen LogP contribution < -0.4 is 4.72 Å². The highest BCUT2D eigenvalue weighted by atomic mass is 32.2. The van der Waals surface area contributed by atoms with Gasteiger partial charge in [0.25, 0.3) is 10.2 Å². The van der Waals surface area contributed by atoms with E-state index in [0.717, 1.165) is 32.1 Å². The first-order valence-corrected chi connectivity index (χ1v) is 8.46. The summed E-state index contributed by atoms with van der Waals surface area (Å²) in [7, 11) is -3.35. The van der Waals surface area contributed by atoms with Crippen LogP contribution in [0.15, 0.2) is 0 Å². The monoisotopic (exact) mass is 278 g/mol. The summed E-state index contributed by atoms with van der Waals surface area (Å²) >= 11 is 0. The van der Waals surface area contributed by atoms with E-state index < -0.39 is 15.7 Å². The highest BCUT2D eigenvalue weighted by molar-refractivity contribution is 7.87. The molecule has 0 atom stereocenters. The van der Waals surface area contributed by atoms with Crippen molar-refractivity contribution in [3.8, 4) is 0 Å². The quantitative estimate of drug-likeness (QED) is 0.659. The Kier molecular flexibility index (Phi) is 8.06. The van der Waals surface area contributed by atoms with Crippen LogP contribution in [0.2, 0.25) is 0 Å². The van der Waals surface area contributed by atoms with E-state index in [1.807, 2.05) is 20.8 Å². The minimum absolute atomic E-state index is 0.423. The van der Waals surface area contributed by atoms with E-state index in [4.69, 9.17) is 0 Å². The van der Waals surface area contributed by atoms with E-state index in [1.165, 1.54) is 0 Å². The second kappa shape index (κ2) is 8.12. The van der Waals surface area contributed by atoms with Crippen molar-refractivity contribution in [2.75, 3.05) is 13.1 Å². The molecule has 0 bridgehead atoms. The maximum absolute atomic E-state index is 12.3. The first-order valence-electron chi connectivity index (χ1n) is 7.02. The minimum atomic E-state index is -3.35. The Morgan fingerprint density at radius 1 is 0.944 bits per heavy atom. The van der Waals surface area contributed by atoms with Gasteiger partial charge in [0.1, 0.15) is 0 Å². The third-order valence-corrected chi connectivity index (χ3v) is 4.46. The second-order valence-corrected chi connectivity index (χ2v) is 7.49. The summed E-state index contributed by atoms with van der Waals surface area (Å²) in [4.78, 5) is 0. The molecule has 110 valence electrons. The molecule has 0 aliphatic rings. The van der Waals surface area contributed by atoms with Crippen molar-refractivity contribution in [2.24, 2.45) is 0 Å². The van der Waals surface area contributed by atoms with Gasteiger partial charge in [-0.2, -0.15) is 17.4 Å². The van der Waals surface area contributed by atoms with E-state index in [9.17, 15) is 8.42 Å². The molecular weight excluding hydrogens is 248 g/mol. The standard InChI is InChI=1S/C13H30N2O2S/c1-6-8-10-12-15(11-9-7-2)18(16,17)14-13(3,4)5/h14H,6-12H2,1-5H3. The molecule has 0 aliphatic heterocycles. The van der Waals surface area contributed by atoms with Gasteiger partial charge in [-0.05, 0) is 33.6 Å². The SMILES string of the molecule is CCCCCN(CCCC)S(=O)(=O)NC(C)(C)C. The lowest BCUT2D eigenvalue weighted by molar-refractivity contribution is 0.370. The molecule has 0 aromatic rings. The molecule has 0 saturated heterocycles. The maximum atomic E-state index is 12.3. The molecule has 4 nitrogen and oxygen atoms in total. The van der Waals surface area contributed by atoms with Gasteiger partial charge in [0.2, 0.25) is 0 Å². The van der Waals surface area contributed by atoms with Crippen molar-refractivity contribution < 1.29 is 8.42 Å². The lowest BCUT2D eigenvalue weighted by atomic mass is 10.1.